The summed E-state index contributed by atoms with van der Waals surface area (Å²) < 4.78 is 0. The lowest BCUT2D eigenvalue weighted by Crippen LogP contribution is -1.88. The Hall–Kier alpha value is -1.59. The van der Waals surface area contributed by atoms with Gasteiger partial charge in [0.05, 0.1) is 0 Å². The highest BCUT2D eigenvalue weighted by Crippen LogP contribution is 2.13. The maximum absolute atomic E-state index is 4.17. The van der Waals surface area contributed by atoms with Gasteiger partial charge in [0.15, 0.2) is 0 Å². The van der Waals surface area contributed by atoms with Gasteiger partial charge < -0.3 is 0 Å². The van der Waals surface area contributed by atoms with Gasteiger partial charge in [0, 0.05) is 47.8 Å². The van der Waals surface area contributed by atoms with Crippen LogP contribution in [0.15, 0.2) is 73.6 Å². The van der Waals surface area contributed by atoms with Gasteiger partial charge in [-0.25, -0.2) is 0 Å². The van der Waals surface area contributed by atoms with Crippen LogP contribution in [0.4, 0.5) is 0 Å². The Balaban J connectivity index is 0.000000401. The lowest BCUT2D eigenvalue weighted by molar-refractivity contribution is 0.551. The molecule has 0 saturated carbocycles. The Kier molecular flexibility index (Phi) is 29.2. The molecule has 0 spiro atoms. The van der Waals surface area contributed by atoms with Gasteiger partial charge in [-0.2, -0.15) is 0 Å². The molecule has 5 heteroatoms. The van der Waals surface area contributed by atoms with E-state index in [0.717, 1.165) is 0 Å². The fraction of sp³-hybridized carbons (Fsp3) is 0.605. The zero-order valence-corrected chi connectivity index (χ0v) is 30.3. The van der Waals surface area contributed by atoms with E-state index in [2.05, 4.69) is 58.9 Å². The van der Waals surface area contributed by atoms with E-state index in [-0.39, 0.29) is 0 Å². The van der Waals surface area contributed by atoms with Crippen LogP contribution in [0, 0.1) is 6.92 Å². The van der Waals surface area contributed by atoms with E-state index in [1.54, 1.807) is 6.20 Å². The number of nitrogens with zero attached hydrogens (tertiary/aromatic N) is 3. The van der Waals surface area contributed by atoms with Crippen molar-refractivity contribution in [2.45, 2.75) is 135 Å². The van der Waals surface area contributed by atoms with Gasteiger partial charge in [0.25, 0.3) is 0 Å². The smallest absolute Gasteiger partial charge is 0.0299 e. The van der Waals surface area contributed by atoms with Crippen molar-refractivity contribution in [2.24, 2.45) is 0 Å². The predicted octanol–water partition coefficient (Wildman–Crippen LogP) is 12.4. The number of pyridine rings is 3. The van der Waals surface area contributed by atoms with Crippen LogP contribution in [0.3, 0.4) is 0 Å². The molecule has 0 aliphatic heterocycles. The fourth-order valence-electron chi connectivity index (χ4n) is 4.86. The van der Waals surface area contributed by atoms with Gasteiger partial charge in [0.2, 0.25) is 0 Å². The highest BCUT2D eigenvalue weighted by Gasteiger charge is 1.96. The second-order valence-electron chi connectivity index (χ2n) is 11.5. The van der Waals surface area contributed by atoms with Gasteiger partial charge >= 0.3 is 0 Å². The maximum Gasteiger partial charge on any atom is 0.0299 e. The lowest BCUT2D eigenvalue weighted by atomic mass is 10.0. The molecule has 3 aromatic rings. The molecule has 0 N–H and O–H groups in total. The average molecular weight is 718 g/mol. The molecule has 3 rings (SSSR count). The van der Waals surface area contributed by atoms with Crippen molar-refractivity contribution in [1.82, 2.24) is 15.0 Å². The Morgan fingerprint density at radius 3 is 1.00 bits per heavy atom. The molecule has 0 aliphatic rings. The van der Waals surface area contributed by atoms with Crippen LogP contribution in [0.5, 0.6) is 0 Å². The number of hydrogen-bond donors (Lipinski definition) is 0. The van der Waals surface area contributed by atoms with E-state index >= 15 is 0 Å². The summed E-state index contributed by atoms with van der Waals surface area (Å²) in [4.78, 5) is 12.2. The lowest BCUT2D eigenvalue weighted by Gasteiger charge is -2.03. The van der Waals surface area contributed by atoms with Crippen LogP contribution in [0.2, 0.25) is 0 Å². The molecule has 0 fully saturated rings. The summed E-state index contributed by atoms with van der Waals surface area (Å²) in [5.74, 6) is 0. The summed E-state index contributed by atoms with van der Waals surface area (Å²) in [5, 5.41) is 2.35. The zero-order valence-electron chi connectivity index (χ0n) is 27.1. The minimum absolute atomic E-state index is 1.18. The molecule has 0 aromatic carbocycles. The molecule has 3 aromatic heterocycles. The number of rotatable bonds is 22. The summed E-state index contributed by atoms with van der Waals surface area (Å²) in [6, 6.07) is 12.4. The molecule has 0 radical (unpaired) electrons. The molecule has 3 heterocycles. The van der Waals surface area contributed by atoms with Crippen LogP contribution in [0.1, 0.15) is 132 Å². The van der Waals surface area contributed by atoms with Gasteiger partial charge in [-0.3, -0.25) is 15.0 Å². The van der Waals surface area contributed by atoms with Gasteiger partial charge in [-0.1, -0.05) is 140 Å². The first kappa shape index (κ1) is 39.4. The highest BCUT2D eigenvalue weighted by molar-refractivity contribution is 9.09. The van der Waals surface area contributed by atoms with Crippen LogP contribution in [0.25, 0.3) is 0 Å². The molecule has 43 heavy (non-hydrogen) atoms. The number of aryl methyl sites for hydroxylation is 3. The molecule has 0 amide bonds. The molecule has 0 bridgehead atoms. The monoisotopic (exact) mass is 715 g/mol. The summed E-state index contributed by atoms with van der Waals surface area (Å²) in [7, 11) is 0. The summed E-state index contributed by atoms with van der Waals surface area (Å²) in [5.41, 5.74) is 3.97. The second-order valence-corrected chi connectivity index (χ2v) is 13.1. The maximum atomic E-state index is 4.17. The SMILES string of the molecule is BrCCCCCCCCCCBr.Cc1cccnc1.c1cncc(CCCCCCCCCCCCc2cccnc2)c1. The molecule has 0 saturated heterocycles. The summed E-state index contributed by atoms with van der Waals surface area (Å²) >= 11 is 6.90. The number of hydrogen-bond acceptors (Lipinski definition) is 3. The van der Waals surface area contributed by atoms with Crippen LogP contribution < -0.4 is 0 Å². The molecular weight excluding hydrogens is 658 g/mol. The Bertz CT molecular complexity index is 866. The van der Waals surface area contributed by atoms with E-state index in [1.807, 2.05) is 62.2 Å². The van der Waals surface area contributed by atoms with Crippen LogP contribution in [-0.4, -0.2) is 25.6 Å². The first-order valence-electron chi connectivity index (χ1n) is 17.0. The number of alkyl halides is 2. The third kappa shape index (κ3) is 27.7. The molecule has 0 aliphatic carbocycles. The normalized spacial score (nSPS) is 10.4. The van der Waals surface area contributed by atoms with E-state index < -0.39 is 0 Å². The second kappa shape index (κ2) is 31.8. The summed E-state index contributed by atoms with van der Waals surface area (Å²) in [6.45, 7) is 2.02. The van der Waals surface area contributed by atoms with Crippen molar-refractivity contribution in [3.63, 3.8) is 0 Å². The first-order valence-corrected chi connectivity index (χ1v) is 19.3. The quantitative estimate of drug-likeness (QED) is 0.0767. The zero-order chi connectivity index (χ0) is 30.9. The third-order valence-corrected chi connectivity index (χ3v) is 8.57. The third-order valence-electron chi connectivity index (χ3n) is 7.45. The van der Waals surface area contributed by atoms with E-state index in [9.17, 15) is 0 Å². The molecular formula is C38H59Br2N3. The minimum atomic E-state index is 1.18. The Morgan fingerprint density at radius 2 is 0.744 bits per heavy atom. The van der Waals surface area contributed by atoms with Crippen molar-refractivity contribution in [3.05, 3.63) is 90.3 Å². The molecule has 240 valence electrons. The van der Waals surface area contributed by atoms with Crippen molar-refractivity contribution in [3.8, 4) is 0 Å². The number of unbranched alkanes of at least 4 members (excludes halogenated alkanes) is 16. The molecule has 0 unspecified atom stereocenters. The Labute approximate surface area is 281 Å². The first-order chi connectivity index (χ1) is 21.3. The number of halogens is 2. The van der Waals surface area contributed by atoms with Gasteiger partial charge in [-0.05, 0) is 80.3 Å². The summed E-state index contributed by atoms with van der Waals surface area (Å²) in [6.07, 6.45) is 38.7. The van der Waals surface area contributed by atoms with Gasteiger partial charge in [-0.15, -0.1) is 0 Å². The minimum Gasteiger partial charge on any atom is -0.264 e. The van der Waals surface area contributed by atoms with Crippen molar-refractivity contribution in [1.29, 1.82) is 0 Å². The van der Waals surface area contributed by atoms with Crippen molar-refractivity contribution < 1.29 is 0 Å². The van der Waals surface area contributed by atoms with Crippen molar-refractivity contribution in [2.75, 3.05) is 10.7 Å². The fourth-order valence-corrected chi connectivity index (χ4v) is 5.66. The molecule has 0 atom stereocenters. The molecule has 3 nitrogen and oxygen atoms in total. The van der Waals surface area contributed by atoms with Gasteiger partial charge in [0.1, 0.15) is 0 Å². The standard InChI is InChI=1S/C22H32N2.C10H20Br2.C6H7N/c1(3-5-7-9-13-21-15-11-17-23-19-21)2-4-6-8-10-14-22-16-12-18-24-20-22;11-9-7-5-3-1-2-4-6-8-10-12;1-6-3-2-4-7-5-6/h11-12,15-20H,1-10,13-14H2;1-10H2;2-5H,1H3. The topological polar surface area (TPSA) is 38.7 Å². The van der Waals surface area contributed by atoms with E-state index in [0.29, 0.717) is 0 Å². The Morgan fingerprint density at radius 1 is 0.419 bits per heavy atom. The largest absolute Gasteiger partial charge is 0.264 e. The average Bonchev–Trinajstić information content (AvgIpc) is 3.05. The number of aromatic nitrogens is 3. The van der Waals surface area contributed by atoms with E-state index in [1.165, 1.54) is 156 Å². The van der Waals surface area contributed by atoms with Crippen LogP contribution >= 0.6 is 31.9 Å². The van der Waals surface area contributed by atoms with Crippen LogP contribution in [-0.2, 0) is 12.8 Å². The van der Waals surface area contributed by atoms with E-state index in [4.69, 9.17) is 0 Å². The highest BCUT2D eigenvalue weighted by atomic mass is 79.9. The predicted molar refractivity (Wildman–Crippen MR) is 196 cm³/mol. The van der Waals surface area contributed by atoms with Crippen molar-refractivity contribution >= 4 is 31.9 Å².